The number of benzene rings is 1. The summed E-state index contributed by atoms with van der Waals surface area (Å²) >= 11 is 0. The maximum atomic E-state index is 13.7. The first-order valence-corrected chi connectivity index (χ1v) is 6.30. The van der Waals surface area contributed by atoms with E-state index in [9.17, 15) is 8.78 Å². The van der Waals surface area contributed by atoms with E-state index >= 15 is 0 Å². The van der Waals surface area contributed by atoms with Gasteiger partial charge in [-0.3, -0.25) is 0 Å². The number of likely N-dealkylation sites (N-methyl/N-ethyl adjacent to an activating group) is 1. The van der Waals surface area contributed by atoms with Crippen LogP contribution in [0.3, 0.4) is 0 Å². The van der Waals surface area contributed by atoms with E-state index < -0.39 is 11.6 Å². The molecule has 0 unspecified atom stereocenters. The van der Waals surface area contributed by atoms with Crippen molar-refractivity contribution in [1.82, 2.24) is 0 Å². The van der Waals surface area contributed by atoms with E-state index in [1.807, 2.05) is 0 Å². The second kappa shape index (κ2) is 5.98. The monoisotopic (exact) mass is 266 g/mol. The average Bonchev–Trinajstić information content (AvgIpc) is 3.17. The molecule has 0 bridgehead atoms. The fourth-order valence-corrected chi connectivity index (χ4v) is 1.84. The lowest BCUT2D eigenvalue weighted by Gasteiger charge is -2.20. The van der Waals surface area contributed by atoms with Crippen molar-refractivity contribution < 1.29 is 13.5 Å². The van der Waals surface area contributed by atoms with Gasteiger partial charge in [-0.15, -0.1) is 0 Å². The minimum atomic E-state index is -0.721. The van der Waals surface area contributed by atoms with Crippen molar-refractivity contribution in [3.05, 3.63) is 29.3 Å². The van der Waals surface area contributed by atoms with Gasteiger partial charge >= 0.3 is 0 Å². The van der Waals surface area contributed by atoms with Gasteiger partial charge in [0.15, 0.2) is 11.6 Å². The summed E-state index contributed by atoms with van der Waals surface area (Å²) in [5.41, 5.74) is -0.133. The van der Waals surface area contributed by atoms with Crippen molar-refractivity contribution in [2.75, 3.05) is 31.7 Å². The zero-order valence-electron chi connectivity index (χ0n) is 10.8. The third-order valence-corrected chi connectivity index (χ3v) is 3.15. The van der Waals surface area contributed by atoms with Crippen LogP contribution in [-0.2, 0) is 4.74 Å². The minimum Gasteiger partial charge on any atom is -0.379 e. The van der Waals surface area contributed by atoms with Gasteiger partial charge in [-0.05, 0) is 30.9 Å². The Morgan fingerprint density at radius 1 is 1.37 bits per heavy atom. The molecule has 102 valence electrons. The van der Waals surface area contributed by atoms with Crippen molar-refractivity contribution in [2.24, 2.45) is 5.92 Å². The topological polar surface area (TPSA) is 36.3 Å². The Morgan fingerprint density at radius 2 is 2.00 bits per heavy atom. The Balaban J connectivity index is 1.93. The molecule has 0 atom stereocenters. The first kappa shape index (κ1) is 13.8. The molecule has 0 spiro atoms. The summed E-state index contributed by atoms with van der Waals surface area (Å²) in [4.78, 5) is 1.47. The molecule has 1 aromatic carbocycles. The highest BCUT2D eigenvalue weighted by Gasteiger charge is 2.21. The second-order valence-electron chi connectivity index (χ2n) is 4.84. The molecule has 0 aliphatic heterocycles. The normalized spacial score (nSPS) is 14.2. The molecule has 19 heavy (non-hydrogen) atoms. The van der Waals surface area contributed by atoms with Crippen LogP contribution in [0.4, 0.5) is 14.5 Å². The molecule has 0 saturated heterocycles. The van der Waals surface area contributed by atoms with E-state index in [0.717, 1.165) is 18.7 Å². The number of rotatable bonds is 6. The molecule has 5 heteroatoms. The zero-order valence-corrected chi connectivity index (χ0v) is 10.8. The first-order chi connectivity index (χ1) is 9.11. The van der Waals surface area contributed by atoms with Crippen molar-refractivity contribution >= 4 is 5.69 Å². The molecule has 0 amide bonds. The van der Waals surface area contributed by atoms with E-state index in [2.05, 4.69) is 0 Å². The van der Waals surface area contributed by atoms with E-state index in [-0.39, 0.29) is 11.3 Å². The summed E-state index contributed by atoms with van der Waals surface area (Å²) in [5, 5.41) is 8.63. The van der Waals surface area contributed by atoms with Gasteiger partial charge in [0.2, 0.25) is 0 Å². The molecule has 0 radical (unpaired) electrons. The molecule has 3 nitrogen and oxygen atoms in total. The number of hydrogen-bond acceptors (Lipinski definition) is 3. The highest BCUT2D eigenvalue weighted by Crippen LogP contribution is 2.29. The summed E-state index contributed by atoms with van der Waals surface area (Å²) < 4.78 is 32.9. The third kappa shape index (κ3) is 3.65. The highest BCUT2D eigenvalue weighted by molar-refractivity contribution is 5.52. The standard InChI is InChI=1S/C14H16F2N2O/c1-18(4-5-19-9-10-2-3-10)14-12(15)6-11(8-17)7-13(14)16/h6-7,10H,2-5,9H2,1H3. The molecule has 1 aliphatic rings. The molecule has 2 rings (SSSR count). The predicted octanol–water partition coefficient (Wildman–Crippen LogP) is 2.70. The van der Waals surface area contributed by atoms with Crippen LogP contribution in [0.1, 0.15) is 18.4 Å². The number of anilines is 1. The number of halogens is 2. The van der Waals surface area contributed by atoms with Crippen molar-refractivity contribution in [1.29, 1.82) is 5.26 Å². The number of hydrogen-bond donors (Lipinski definition) is 0. The molecule has 0 aromatic heterocycles. The number of ether oxygens (including phenoxy) is 1. The summed E-state index contributed by atoms with van der Waals surface area (Å²) in [7, 11) is 1.61. The predicted molar refractivity (Wildman–Crippen MR) is 67.9 cm³/mol. The SMILES string of the molecule is CN(CCOCC1CC1)c1c(F)cc(C#N)cc1F. The van der Waals surface area contributed by atoms with Gasteiger partial charge in [-0.1, -0.05) is 0 Å². The Hall–Kier alpha value is -1.67. The lowest BCUT2D eigenvalue weighted by Crippen LogP contribution is -2.25. The fraction of sp³-hybridized carbons (Fsp3) is 0.500. The molecule has 1 aliphatic carbocycles. The van der Waals surface area contributed by atoms with Crippen LogP contribution in [0.5, 0.6) is 0 Å². The molecule has 0 N–H and O–H groups in total. The maximum absolute atomic E-state index is 13.7. The molecule has 1 aromatic rings. The van der Waals surface area contributed by atoms with E-state index in [4.69, 9.17) is 10.00 Å². The van der Waals surface area contributed by atoms with Crippen molar-refractivity contribution in [3.8, 4) is 6.07 Å². The highest BCUT2D eigenvalue weighted by atomic mass is 19.1. The van der Waals surface area contributed by atoms with Crippen LogP contribution in [0.25, 0.3) is 0 Å². The lowest BCUT2D eigenvalue weighted by atomic mass is 10.2. The molecule has 0 heterocycles. The summed E-state index contributed by atoms with van der Waals surface area (Å²) in [5.74, 6) is -0.767. The van der Waals surface area contributed by atoms with Crippen LogP contribution < -0.4 is 4.90 Å². The maximum Gasteiger partial charge on any atom is 0.150 e. The summed E-state index contributed by atoms with van der Waals surface area (Å²) in [6, 6.07) is 3.81. The van der Waals surface area contributed by atoms with Crippen molar-refractivity contribution in [3.63, 3.8) is 0 Å². The van der Waals surface area contributed by atoms with Gasteiger partial charge in [0.05, 0.1) is 18.2 Å². The summed E-state index contributed by atoms with van der Waals surface area (Å²) in [6.07, 6.45) is 2.43. The van der Waals surface area contributed by atoms with Gasteiger partial charge in [0, 0.05) is 20.2 Å². The van der Waals surface area contributed by atoms with Gasteiger partial charge in [0.1, 0.15) is 5.69 Å². The Bertz CT molecular complexity index is 472. The largest absolute Gasteiger partial charge is 0.379 e. The number of nitriles is 1. The third-order valence-electron chi connectivity index (χ3n) is 3.15. The number of nitrogens with zero attached hydrogens (tertiary/aromatic N) is 2. The molecule has 1 saturated carbocycles. The van der Waals surface area contributed by atoms with Crippen LogP contribution in [0, 0.1) is 28.9 Å². The van der Waals surface area contributed by atoms with Crippen molar-refractivity contribution in [2.45, 2.75) is 12.8 Å². The first-order valence-electron chi connectivity index (χ1n) is 6.30. The van der Waals surface area contributed by atoms with E-state index in [1.54, 1.807) is 13.1 Å². The lowest BCUT2D eigenvalue weighted by molar-refractivity contribution is 0.130. The zero-order chi connectivity index (χ0) is 13.8. The van der Waals surface area contributed by atoms with Crippen LogP contribution in [-0.4, -0.2) is 26.8 Å². The molecule has 1 fully saturated rings. The minimum absolute atomic E-state index is 0.0165. The van der Waals surface area contributed by atoms with E-state index in [1.165, 1.54) is 17.7 Å². The average molecular weight is 266 g/mol. The van der Waals surface area contributed by atoms with Crippen LogP contribution in [0.15, 0.2) is 12.1 Å². The van der Waals surface area contributed by atoms with Gasteiger partial charge in [-0.25, -0.2) is 8.78 Å². The quantitative estimate of drug-likeness (QED) is 0.743. The fourth-order valence-electron chi connectivity index (χ4n) is 1.84. The van der Waals surface area contributed by atoms with Gasteiger partial charge in [-0.2, -0.15) is 5.26 Å². The Morgan fingerprint density at radius 3 is 2.53 bits per heavy atom. The Kier molecular flexibility index (Phi) is 4.33. The van der Waals surface area contributed by atoms with Gasteiger partial charge in [0.25, 0.3) is 0 Å². The van der Waals surface area contributed by atoms with E-state index in [0.29, 0.717) is 19.1 Å². The van der Waals surface area contributed by atoms with Crippen LogP contribution >= 0.6 is 0 Å². The smallest absolute Gasteiger partial charge is 0.150 e. The molecular weight excluding hydrogens is 250 g/mol. The molecular formula is C14H16F2N2O. The van der Waals surface area contributed by atoms with Gasteiger partial charge < -0.3 is 9.64 Å². The Labute approximate surface area is 111 Å². The van der Waals surface area contributed by atoms with Crippen LogP contribution in [0.2, 0.25) is 0 Å². The summed E-state index contributed by atoms with van der Waals surface area (Å²) in [6.45, 7) is 1.57. The second-order valence-corrected chi connectivity index (χ2v) is 4.84.